The Morgan fingerprint density at radius 1 is 1.23 bits per heavy atom. The number of likely N-dealkylation sites (tertiary alicyclic amines) is 1. The second-order valence-corrected chi connectivity index (χ2v) is 8.28. The molecule has 0 bridgehead atoms. The van der Waals surface area contributed by atoms with Gasteiger partial charge in [0, 0.05) is 51.2 Å². The first-order valence-electron chi connectivity index (χ1n) is 10.7. The van der Waals surface area contributed by atoms with Gasteiger partial charge in [0.05, 0.1) is 18.1 Å². The predicted molar refractivity (Wildman–Crippen MR) is 123 cm³/mol. The predicted octanol–water partition coefficient (Wildman–Crippen LogP) is 3.90. The Kier molecular flexibility index (Phi) is 7.80. The van der Waals surface area contributed by atoms with Gasteiger partial charge in [-0.05, 0) is 49.9 Å². The number of benzene rings is 1. The van der Waals surface area contributed by atoms with Crippen molar-refractivity contribution in [1.29, 1.82) is 0 Å². The van der Waals surface area contributed by atoms with E-state index in [2.05, 4.69) is 17.1 Å². The van der Waals surface area contributed by atoms with E-state index in [1.807, 2.05) is 60.1 Å². The number of aryl methyl sites for hydroxylation is 1. The summed E-state index contributed by atoms with van der Waals surface area (Å²) in [6, 6.07) is 9.82. The van der Waals surface area contributed by atoms with Crippen LogP contribution in [0.15, 0.2) is 41.5 Å². The first-order valence-corrected chi connectivity index (χ1v) is 11.0. The van der Waals surface area contributed by atoms with E-state index in [9.17, 15) is 4.79 Å². The lowest BCUT2D eigenvalue weighted by molar-refractivity contribution is 0.0724. The van der Waals surface area contributed by atoms with Crippen molar-refractivity contribution >= 4 is 23.5 Å². The Morgan fingerprint density at radius 2 is 2.00 bits per heavy atom. The Labute approximate surface area is 184 Å². The van der Waals surface area contributed by atoms with Crippen molar-refractivity contribution < 1.29 is 4.79 Å². The molecule has 0 unspecified atom stereocenters. The van der Waals surface area contributed by atoms with E-state index in [1.54, 1.807) is 0 Å². The van der Waals surface area contributed by atoms with Crippen LogP contribution >= 0.6 is 11.6 Å². The van der Waals surface area contributed by atoms with Crippen molar-refractivity contribution in [2.75, 3.05) is 26.7 Å². The maximum Gasteiger partial charge on any atom is 0.253 e. The summed E-state index contributed by atoms with van der Waals surface area (Å²) in [7, 11) is 4.00. The maximum atomic E-state index is 12.8. The average molecular weight is 430 g/mol. The summed E-state index contributed by atoms with van der Waals surface area (Å²) in [5.41, 5.74) is 2.90. The van der Waals surface area contributed by atoms with Crippen LogP contribution in [0.25, 0.3) is 0 Å². The molecule has 0 aliphatic carbocycles. The second kappa shape index (κ2) is 10.5. The summed E-state index contributed by atoms with van der Waals surface area (Å²) in [5.74, 6) is 0.952. The summed E-state index contributed by atoms with van der Waals surface area (Å²) in [6.45, 7) is 5.77. The molecule has 0 radical (unpaired) electrons. The number of nitrogens with one attached hydrogen (secondary N) is 1. The number of aliphatic imine (C=N–C) groups is 1. The van der Waals surface area contributed by atoms with Crippen LogP contribution < -0.4 is 5.32 Å². The standard InChI is InChI=1S/C23H32ClN5O/c1-4-25-23(28(3)17-21-14-20(24)16-27(21)2)26-15-18-9-8-10-19(13-18)22(30)29-11-6-5-7-12-29/h8-10,13-14,16H,4-7,11-12,15,17H2,1-3H3,(H,25,26). The Balaban J connectivity index is 1.69. The fourth-order valence-electron chi connectivity index (χ4n) is 3.76. The molecule has 1 amide bonds. The molecule has 1 aromatic heterocycles. The highest BCUT2D eigenvalue weighted by atomic mass is 35.5. The molecule has 0 spiro atoms. The Bertz CT molecular complexity index is 885. The molecule has 1 saturated heterocycles. The van der Waals surface area contributed by atoms with Gasteiger partial charge in [0.15, 0.2) is 5.96 Å². The third-order valence-electron chi connectivity index (χ3n) is 5.40. The number of nitrogens with zero attached hydrogens (tertiary/aromatic N) is 4. The fraction of sp³-hybridized carbons (Fsp3) is 0.478. The number of piperidine rings is 1. The van der Waals surface area contributed by atoms with E-state index in [4.69, 9.17) is 16.6 Å². The van der Waals surface area contributed by atoms with Gasteiger partial charge < -0.3 is 19.7 Å². The van der Waals surface area contributed by atoms with Gasteiger partial charge in [-0.25, -0.2) is 4.99 Å². The number of hydrogen-bond acceptors (Lipinski definition) is 2. The number of amides is 1. The molecule has 0 atom stereocenters. The topological polar surface area (TPSA) is 52.9 Å². The van der Waals surface area contributed by atoms with Crippen molar-refractivity contribution in [3.8, 4) is 0 Å². The Hall–Kier alpha value is -2.47. The zero-order valence-electron chi connectivity index (χ0n) is 18.2. The van der Waals surface area contributed by atoms with Crippen molar-refractivity contribution in [2.45, 2.75) is 39.3 Å². The van der Waals surface area contributed by atoms with E-state index in [1.165, 1.54) is 6.42 Å². The van der Waals surface area contributed by atoms with E-state index in [0.29, 0.717) is 13.1 Å². The minimum absolute atomic E-state index is 0.130. The summed E-state index contributed by atoms with van der Waals surface area (Å²) in [6.07, 6.45) is 5.31. The van der Waals surface area contributed by atoms with E-state index < -0.39 is 0 Å². The van der Waals surface area contributed by atoms with Gasteiger partial charge in [-0.3, -0.25) is 4.79 Å². The smallest absolute Gasteiger partial charge is 0.253 e. The summed E-state index contributed by atoms with van der Waals surface area (Å²) >= 11 is 6.11. The number of aromatic nitrogens is 1. The molecule has 30 heavy (non-hydrogen) atoms. The van der Waals surface area contributed by atoms with Crippen LogP contribution in [0.2, 0.25) is 5.02 Å². The lowest BCUT2D eigenvalue weighted by Crippen LogP contribution is -2.38. The first kappa shape index (κ1) is 22.2. The Morgan fingerprint density at radius 3 is 2.67 bits per heavy atom. The van der Waals surface area contributed by atoms with Gasteiger partial charge in [-0.1, -0.05) is 23.7 Å². The van der Waals surface area contributed by atoms with Crippen LogP contribution in [0.5, 0.6) is 0 Å². The molecule has 1 N–H and O–H groups in total. The zero-order valence-corrected chi connectivity index (χ0v) is 19.0. The SMILES string of the molecule is CCNC(=NCc1cccc(C(=O)N2CCCCC2)c1)N(C)Cc1cc(Cl)cn1C. The van der Waals surface area contributed by atoms with Crippen molar-refractivity contribution in [1.82, 2.24) is 19.7 Å². The van der Waals surface area contributed by atoms with Crippen LogP contribution in [0.4, 0.5) is 0 Å². The van der Waals surface area contributed by atoms with Crippen LogP contribution in [0, 0.1) is 0 Å². The maximum absolute atomic E-state index is 12.8. The monoisotopic (exact) mass is 429 g/mol. The lowest BCUT2D eigenvalue weighted by Gasteiger charge is -2.26. The molecule has 1 aliphatic heterocycles. The number of carbonyl (C=O) groups excluding carboxylic acids is 1. The molecule has 1 aliphatic rings. The molecule has 2 aromatic rings. The molecular weight excluding hydrogens is 398 g/mol. The fourth-order valence-corrected chi connectivity index (χ4v) is 4.03. The molecule has 162 valence electrons. The van der Waals surface area contributed by atoms with Gasteiger partial charge in [-0.15, -0.1) is 0 Å². The highest BCUT2D eigenvalue weighted by molar-refractivity contribution is 6.30. The highest BCUT2D eigenvalue weighted by Gasteiger charge is 2.18. The number of carbonyl (C=O) groups is 1. The number of rotatable bonds is 6. The molecule has 7 heteroatoms. The first-order chi connectivity index (χ1) is 14.5. The summed E-state index contributed by atoms with van der Waals surface area (Å²) < 4.78 is 2.03. The van der Waals surface area contributed by atoms with Gasteiger partial charge in [-0.2, -0.15) is 0 Å². The lowest BCUT2D eigenvalue weighted by atomic mass is 10.1. The molecule has 2 heterocycles. The molecule has 3 rings (SSSR count). The molecule has 6 nitrogen and oxygen atoms in total. The van der Waals surface area contributed by atoms with Gasteiger partial charge in [0.2, 0.25) is 0 Å². The van der Waals surface area contributed by atoms with Gasteiger partial charge in [0.25, 0.3) is 5.91 Å². The van der Waals surface area contributed by atoms with Crippen LogP contribution in [-0.2, 0) is 20.1 Å². The normalized spacial score (nSPS) is 14.7. The zero-order chi connectivity index (χ0) is 21.5. The van der Waals surface area contributed by atoms with Crippen molar-refractivity contribution in [3.05, 3.63) is 58.4 Å². The van der Waals surface area contributed by atoms with Crippen molar-refractivity contribution in [3.63, 3.8) is 0 Å². The summed E-state index contributed by atoms with van der Waals surface area (Å²) in [4.78, 5) is 21.6. The minimum Gasteiger partial charge on any atom is -0.357 e. The summed E-state index contributed by atoms with van der Waals surface area (Å²) in [5, 5.41) is 4.08. The van der Waals surface area contributed by atoms with E-state index in [0.717, 1.165) is 60.3 Å². The average Bonchev–Trinajstić information content (AvgIpc) is 3.07. The number of guanidine groups is 1. The van der Waals surface area contributed by atoms with E-state index >= 15 is 0 Å². The molecule has 1 fully saturated rings. The van der Waals surface area contributed by atoms with Crippen LogP contribution in [0.1, 0.15) is 47.8 Å². The highest BCUT2D eigenvalue weighted by Crippen LogP contribution is 2.16. The number of halogens is 1. The molecule has 0 saturated carbocycles. The minimum atomic E-state index is 0.130. The molecular formula is C23H32ClN5O. The van der Waals surface area contributed by atoms with Crippen molar-refractivity contribution in [2.24, 2.45) is 12.0 Å². The van der Waals surface area contributed by atoms with Gasteiger partial charge in [0.1, 0.15) is 0 Å². The third kappa shape index (κ3) is 5.79. The largest absolute Gasteiger partial charge is 0.357 e. The van der Waals surface area contributed by atoms with E-state index in [-0.39, 0.29) is 5.91 Å². The molecule has 1 aromatic carbocycles. The number of hydrogen-bond donors (Lipinski definition) is 1. The van der Waals surface area contributed by atoms with Crippen LogP contribution in [-0.4, -0.2) is 52.9 Å². The van der Waals surface area contributed by atoms with Crippen LogP contribution in [0.3, 0.4) is 0 Å². The van der Waals surface area contributed by atoms with Gasteiger partial charge >= 0.3 is 0 Å². The quantitative estimate of drug-likeness (QED) is 0.559. The third-order valence-corrected chi connectivity index (χ3v) is 5.61. The second-order valence-electron chi connectivity index (χ2n) is 7.84.